The zero-order valence-electron chi connectivity index (χ0n) is 15.1. The fraction of sp³-hybridized carbons (Fsp3) is 0.889. The van der Waals surface area contributed by atoms with E-state index in [0.29, 0.717) is 23.3 Å². The molecule has 6 nitrogen and oxygen atoms in total. The van der Waals surface area contributed by atoms with E-state index in [1.807, 2.05) is 9.80 Å². The maximum atomic E-state index is 12.3. The van der Waals surface area contributed by atoms with Crippen LogP contribution in [0.25, 0.3) is 0 Å². The number of carbonyl (C=O) groups is 2. The Morgan fingerprint density at radius 1 is 0.840 bits per heavy atom. The minimum Gasteiger partial charge on any atom is -0.396 e. The van der Waals surface area contributed by atoms with E-state index in [-0.39, 0.29) is 25.0 Å². The van der Waals surface area contributed by atoms with Gasteiger partial charge in [-0.05, 0) is 50.4 Å². The number of aliphatic hydroxyl groups excluding tert-OH is 2. The van der Waals surface area contributed by atoms with E-state index in [9.17, 15) is 9.59 Å². The maximum Gasteiger partial charge on any atom is 0.232 e. The van der Waals surface area contributed by atoms with Gasteiger partial charge in [0.05, 0.1) is 11.5 Å². The number of piperidine rings is 2. The van der Waals surface area contributed by atoms with Crippen molar-refractivity contribution in [1.29, 1.82) is 0 Å². The second-order valence-electron chi connectivity index (χ2n) is 7.21. The number of nitrogens with zero attached hydrogens (tertiary/aromatic N) is 2. The minimum absolute atomic E-state index is 0.109. The van der Waals surface area contributed by atoms with Crippen molar-refractivity contribution in [3.05, 3.63) is 0 Å². The third-order valence-electron chi connectivity index (χ3n) is 5.27. The van der Waals surface area contributed by atoms with Gasteiger partial charge < -0.3 is 20.0 Å². The van der Waals surface area contributed by atoms with Gasteiger partial charge in [-0.3, -0.25) is 9.59 Å². The molecule has 0 aromatic rings. The van der Waals surface area contributed by atoms with Crippen molar-refractivity contribution < 1.29 is 19.8 Å². The lowest BCUT2D eigenvalue weighted by Crippen LogP contribution is -2.42. The Bertz CT molecular complexity index is 393. The molecule has 0 aromatic carbocycles. The molecule has 0 spiro atoms. The number of likely N-dealkylation sites (tertiary alicyclic amines) is 2. The van der Waals surface area contributed by atoms with Crippen LogP contribution in [0.2, 0.25) is 0 Å². The molecule has 2 aliphatic rings. The van der Waals surface area contributed by atoms with E-state index < -0.39 is 0 Å². The fourth-order valence-electron chi connectivity index (χ4n) is 3.83. The van der Waals surface area contributed by atoms with Crippen LogP contribution in [0, 0.1) is 11.8 Å². The Balaban J connectivity index is 1.67. The predicted octanol–water partition coefficient (Wildman–Crippen LogP) is 0.962. The summed E-state index contributed by atoms with van der Waals surface area (Å²) in [6.45, 7) is 3.44. The van der Waals surface area contributed by atoms with Crippen LogP contribution in [-0.2, 0) is 9.59 Å². The van der Waals surface area contributed by atoms with Gasteiger partial charge >= 0.3 is 0 Å². The van der Waals surface area contributed by atoms with Gasteiger partial charge in [-0.1, -0.05) is 0 Å². The van der Waals surface area contributed by atoms with Gasteiger partial charge in [0.15, 0.2) is 0 Å². The molecule has 2 saturated heterocycles. The minimum atomic E-state index is 0.109. The molecule has 2 aliphatic heterocycles. The molecule has 0 aliphatic carbocycles. The highest BCUT2D eigenvalue weighted by Crippen LogP contribution is 2.21. The zero-order chi connectivity index (χ0) is 18.1. The number of rotatable bonds is 8. The number of hydrogen-bond donors (Lipinski definition) is 2. The standard InChI is InChI=1S/C18H32N2O4S/c21-9-5-15-3-1-7-19(11-15)17(23)13-25-14-18(24)20-8-2-4-16(12-20)6-10-22/h15-16,21-22H,1-14H2. The molecule has 144 valence electrons. The first-order valence-electron chi connectivity index (χ1n) is 9.49. The van der Waals surface area contributed by atoms with Gasteiger partial charge in [0.1, 0.15) is 0 Å². The molecule has 2 atom stereocenters. The average Bonchev–Trinajstić information content (AvgIpc) is 2.62. The molecule has 0 saturated carbocycles. The van der Waals surface area contributed by atoms with Gasteiger partial charge in [-0.25, -0.2) is 0 Å². The largest absolute Gasteiger partial charge is 0.396 e. The van der Waals surface area contributed by atoms with E-state index in [0.717, 1.165) is 64.7 Å². The molecule has 0 bridgehead atoms. The van der Waals surface area contributed by atoms with E-state index in [1.54, 1.807) is 0 Å². The highest BCUT2D eigenvalue weighted by Gasteiger charge is 2.25. The number of amides is 2. The Hall–Kier alpha value is -0.790. The van der Waals surface area contributed by atoms with Gasteiger partial charge in [-0.2, -0.15) is 0 Å². The Morgan fingerprint density at radius 3 is 1.68 bits per heavy atom. The summed E-state index contributed by atoms with van der Waals surface area (Å²) >= 11 is 1.40. The molecule has 7 heteroatoms. The van der Waals surface area contributed by atoms with Crippen LogP contribution in [-0.4, -0.2) is 82.7 Å². The molecule has 0 aromatic heterocycles. The Morgan fingerprint density at radius 2 is 1.28 bits per heavy atom. The van der Waals surface area contributed by atoms with E-state index in [1.165, 1.54) is 11.8 Å². The summed E-state index contributed by atoms with van der Waals surface area (Å²) in [4.78, 5) is 28.4. The quantitative estimate of drug-likeness (QED) is 0.663. The topological polar surface area (TPSA) is 81.1 Å². The number of thioether (sulfide) groups is 1. The lowest BCUT2D eigenvalue weighted by atomic mass is 9.95. The summed E-state index contributed by atoms with van der Waals surface area (Å²) in [6, 6.07) is 0. The van der Waals surface area contributed by atoms with E-state index in [2.05, 4.69) is 0 Å². The summed E-state index contributed by atoms with van der Waals surface area (Å²) in [6.07, 6.45) is 5.69. The molecule has 25 heavy (non-hydrogen) atoms. The van der Waals surface area contributed by atoms with Crippen LogP contribution in [0.3, 0.4) is 0 Å². The number of hydrogen-bond acceptors (Lipinski definition) is 5. The smallest absolute Gasteiger partial charge is 0.232 e. The Labute approximate surface area is 154 Å². The van der Waals surface area contributed by atoms with Crippen molar-refractivity contribution >= 4 is 23.6 Å². The first-order chi connectivity index (χ1) is 12.1. The summed E-state index contributed by atoms with van der Waals surface area (Å²) in [5, 5.41) is 18.1. The SMILES string of the molecule is O=C(CSCC(=O)N1CCCC(CCO)C1)N1CCCC(CCO)C1. The molecular formula is C18H32N2O4S. The first-order valence-corrected chi connectivity index (χ1v) is 10.6. The molecule has 2 unspecified atom stereocenters. The van der Waals surface area contributed by atoms with Gasteiger partial charge in [0.2, 0.25) is 11.8 Å². The molecule has 2 heterocycles. The lowest BCUT2D eigenvalue weighted by Gasteiger charge is -2.33. The monoisotopic (exact) mass is 372 g/mol. The second-order valence-corrected chi connectivity index (χ2v) is 8.20. The third kappa shape index (κ3) is 6.79. The summed E-state index contributed by atoms with van der Waals surface area (Å²) < 4.78 is 0. The van der Waals surface area contributed by atoms with Crippen molar-refractivity contribution in [1.82, 2.24) is 9.80 Å². The molecular weight excluding hydrogens is 340 g/mol. The number of aliphatic hydroxyl groups is 2. The lowest BCUT2D eigenvalue weighted by molar-refractivity contribution is -0.130. The van der Waals surface area contributed by atoms with Crippen LogP contribution >= 0.6 is 11.8 Å². The van der Waals surface area contributed by atoms with E-state index >= 15 is 0 Å². The van der Waals surface area contributed by atoms with Crippen LogP contribution < -0.4 is 0 Å². The highest BCUT2D eigenvalue weighted by molar-refractivity contribution is 8.00. The van der Waals surface area contributed by atoms with Crippen LogP contribution in [0.15, 0.2) is 0 Å². The summed E-state index contributed by atoms with van der Waals surface area (Å²) in [5.74, 6) is 1.74. The van der Waals surface area contributed by atoms with Crippen molar-refractivity contribution in [2.45, 2.75) is 38.5 Å². The first kappa shape index (κ1) is 20.5. The van der Waals surface area contributed by atoms with Crippen molar-refractivity contribution in [3.8, 4) is 0 Å². The zero-order valence-corrected chi connectivity index (χ0v) is 15.9. The van der Waals surface area contributed by atoms with Crippen LogP contribution in [0.1, 0.15) is 38.5 Å². The predicted molar refractivity (Wildman–Crippen MR) is 99.3 cm³/mol. The van der Waals surface area contributed by atoms with Crippen LogP contribution in [0.5, 0.6) is 0 Å². The molecule has 2 N–H and O–H groups in total. The number of carbonyl (C=O) groups excluding carboxylic acids is 2. The molecule has 2 amide bonds. The fourth-order valence-corrected chi connectivity index (χ4v) is 4.64. The highest BCUT2D eigenvalue weighted by atomic mass is 32.2. The van der Waals surface area contributed by atoms with E-state index in [4.69, 9.17) is 10.2 Å². The molecule has 2 rings (SSSR count). The van der Waals surface area contributed by atoms with Crippen molar-refractivity contribution in [2.75, 3.05) is 50.9 Å². The summed E-state index contributed by atoms with van der Waals surface area (Å²) in [7, 11) is 0. The maximum absolute atomic E-state index is 12.3. The van der Waals surface area contributed by atoms with Crippen molar-refractivity contribution in [3.63, 3.8) is 0 Å². The normalized spacial score (nSPS) is 24.4. The molecule has 0 radical (unpaired) electrons. The molecule has 2 fully saturated rings. The van der Waals surface area contributed by atoms with Gasteiger partial charge in [-0.15, -0.1) is 11.8 Å². The van der Waals surface area contributed by atoms with Gasteiger partial charge in [0.25, 0.3) is 0 Å². The van der Waals surface area contributed by atoms with Gasteiger partial charge in [0, 0.05) is 39.4 Å². The Kier molecular flexibility index (Phi) is 9.06. The average molecular weight is 373 g/mol. The summed E-state index contributed by atoms with van der Waals surface area (Å²) in [5.41, 5.74) is 0. The van der Waals surface area contributed by atoms with Crippen LogP contribution in [0.4, 0.5) is 0 Å². The third-order valence-corrected chi connectivity index (χ3v) is 6.17. The van der Waals surface area contributed by atoms with Crippen molar-refractivity contribution in [2.24, 2.45) is 11.8 Å². The second kappa shape index (κ2) is 11.0.